The fraction of sp³-hybridized carbons (Fsp3) is 0.958. The van der Waals surface area contributed by atoms with Crippen LogP contribution >= 0.6 is 0 Å². The van der Waals surface area contributed by atoms with Crippen LogP contribution in [0.5, 0.6) is 0 Å². The molecule has 0 spiro atoms. The van der Waals surface area contributed by atoms with Gasteiger partial charge in [-0.05, 0) is 19.3 Å². The molecule has 0 aromatic carbocycles. The number of amides is 1. The fourth-order valence-corrected chi connectivity index (χ4v) is 12.6. The third-order valence-electron chi connectivity index (χ3n) is 18.5. The molecule has 510 valence electrons. The third kappa shape index (κ3) is 41.3. The van der Waals surface area contributed by atoms with Crippen molar-refractivity contribution in [1.29, 1.82) is 0 Å². The van der Waals surface area contributed by atoms with Gasteiger partial charge in [-0.1, -0.05) is 334 Å². The van der Waals surface area contributed by atoms with E-state index in [1.165, 1.54) is 283 Å². The highest BCUT2D eigenvalue weighted by Crippen LogP contribution is 2.30. The summed E-state index contributed by atoms with van der Waals surface area (Å²) in [6.07, 6.45) is 54.2. The van der Waals surface area contributed by atoms with Crippen LogP contribution in [0.1, 0.15) is 348 Å². The molecule has 2 saturated heterocycles. The van der Waals surface area contributed by atoms with Crippen molar-refractivity contribution in [1.82, 2.24) is 5.32 Å². The lowest BCUT2D eigenvalue weighted by Crippen LogP contribution is -2.65. The largest absolute Gasteiger partial charge is 0.394 e. The smallest absolute Gasteiger partial charge is 0.220 e. The maximum Gasteiger partial charge on any atom is 0.220 e. The summed E-state index contributed by atoms with van der Waals surface area (Å²) in [4.78, 5) is 13.3. The van der Waals surface area contributed by atoms with Crippen LogP contribution in [0.3, 0.4) is 0 Å². The molecule has 2 heterocycles. The van der Waals surface area contributed by atoms with Crippen LogP contribution in [-0.2, 0) is 23.7 Å². The zero-order valence-electron chi connectivity index (χ0n) is 55.6. The first kappa shape index (κ1) is 80.8. The van der Waals surface area contributed by atoms with E-state index in [-0.39, 0.29) is 18.9 Å². The quantitative estimate of drug-likeness (QED) is 0.0204. The second kappa shape index (κ2) is 57.6. The van der Waals surface area contributed by atoms with Crippen molar-refractivity contribution < 1.29 is 64.6 Å². The molecule has 0 bridgehead atoms. The van der Waals surface area contributed by atoms with Crippen LogP contribution < -0.4 is 5.32 Å². The van der Waals surface area contributed by atoms with Gasteiger partial charge in [0.05, 0.1) is 32.0 Å². The van der Waals surface area contributed by atoms with Gasteiger partial charge in [-0.25, -0.2) is 0 Å². The summed E-state index contributed by atoms with van der Waals surface area (Å²) in [5, 5.41) is 87.5. The van der Waals surface area contributed by atoms with Crippen molar-refractivity contribution in [3.05, 3.63) is 12.2 Å². The van der Waals surface area contributed by atoms with Gasteiger partial charge in [-0.3, -0.25) is 4.79 Å². The lowest BCUT2D eigenvalue weighted by molar-refractivity contribution is -0.359. The Morgan fingerprint density at radius 3 is 1.07 bits per heavy atom. The zero-order valence-corrected chi connectivity index (χ0v) is 55.6. The van der Waals surface area contributed by atoms with E-state index in [4.69, 9.17) is 18.9 Å². The maximum atomic E-state index is 13.3. The number of hydrogen-bond acceptors (Lipinski definition) is 13. The molecule has 0 aromatic heterocycles. The Morgan fingerprint density at radius 1 is 0.407 bits per heavy atom. The predicted molar refractivity (Wildman–Crippen MR) is 351 cm³/mol. The monoisotopic (exact) mass is 1230 g/mol. The first-order valence-electron chi connectivity index (χ1n) is 36.9. The standard InChI is InChI=1S/C72H139NO13/c1-3-5-7-9-11-13-15-17-19-21-23-25-26-27-28-29-30-31-32-33-34-36-38-40-42-44-46-48-50-52-54-56-64(77)73-60(61(76)55-53-51-49-47-45-43-41-39-37-35-24-22-20-18-16-14-12-10-8-6-4-2)59-83-71-69(82)67(80)70(63(58-75)85-71)86-72-68(81)66(79)65(78)62(57-74)84-72/h53,55,60-63,65-72,74-76,78-82H,3-52,54,56-59H2,1-2H3,(H,73,77)/b55-53+. The van der Waals surface area contributed by atoms with Crippen LogP contribution in [0.15, 0.2) is 12.2 Å². The molecule has 12 atom stereocenters. The van der Waals surface area contributed by atoms with Gasteiger partial charge in [0.25, 0.3) is 0 Å². The van der Waals surface area contributed by atoms with Gasteiger partial charge in [-0.2, -0.15) is 0 Å². The Labute approximate surface area is 526 Å². The minimum Gasteiger partial charge on any atom is -0.394 e. The molecule has 0 aromatic rings. The number of carbonyl (C=O) groups excluding carboxylic acids is 1. The van der Waals surface area contributed by atoms with Crippen molar-refractivity contribution in [3.63, 3.8) is 0 Å². The highest BCUT2D eigenvalue weighted by molar-refractivity contribution is 5.76. The molecule has 14 heteroatoms. The van der Waals surface area contributed by atoms with Gasteiger partial charge in [0, 0.05) is 6.42 Å². The summed E-state index contributed by atoms with van der Waals surface area (Å²) in [6, 6.07) is -0.911. The topological polar surface area (TPSA) is 228 Å². The van der Waals surface area contributed by atoms with Gasteiger partial charge in [0.15, 0.2) is 12.6 Å². The minimum absolute atomic E-state index is 0.230. The van der Waals surface area contributed by atoms with Crippen LogP contribution in [0, 0.1) is 0 Å². The Kier molecular flexibility index (Phi) is 54.1. The molecule has 0 saturated carbocycles. The average molecular weight is 1230 g/mol. The molecule has 12 unspecified atom stereocenters. The van der Waals surface area contributed by atoms with Crippen LogP contribution in [0.2, 0.25) is 0 Å². The van der Waals surface area contributed by atoms with Crippen LogP contribution in [-0.4, -0.2) is 140 Å². The average Bonchev–Trinajstić information content (AvgIpc) is 2.54. The Bertz CT molecular complexity index is 1490. The van der Waals surface area contributed by atoms with E-state index >= 15 is 0 Å². The second-order valence-electron chi connectivity index (χ2n) is 26.4. The number of allylic oxidation sites excluding steroid dienone is 1. The van der Waals surface area contributed by atoms with E-state index in [1.54, 1.807) is 6.08 Å². The summed E-state index contributed by atoms with van der Waals surface area (Å²) in [5.41, 5.74) is 0. The summed E-state index contributed by atoms with van der Waals surface area (Å²) in [7, 11) is 0. The van der Waals surface area contributed by atoms with Crippen LogP contribution in [0.25, 0.3) is 0 Å². The highest BCUT2D eigenvalue weighted by Gasteiger charge is 2.51. The maximum absolute atomic E-state index is 13.3. The molecule has 1 amide bonds. The third-order valence-corrected chi connectivity index (χ3v) is 18.5. The van der Waals surface area contributed by atoms with Crippen LogP contribution in [0.4, 0.5) is 0 Å². The van der Waals surface area contributed by atoms with E-state index in [0.717, 1.165) is 44.9 Å². The number of aliphatic hydroxyl groups is 8. The molecule has 0 aliphatic carbocycles. The van der Waals surface area contributed by atoms with E-state index in [2.05, 4.69) is 19.2 Å². The molecule has 14 nitrogen and oxygen atoms in total. The molecule has 2 aliphatic heterocycles. The summed E-state index contributed by atoms with van der Waals surface area (Å²) < 4.78 is 22.9. The fourth-order valence-electron chi connectivity index (χ4n) is 12.6. The zero-order chi connectivity index (χ0) is 62.3. The molecule has 2 fully saturated rings. The highest BCUT2D eigenvalue weighted by atomic mass is 16.7. The lowest BCUT2D eigenvalue weighted by atomic mass is 9.97. The van der Waals surface area contributed by atoms with Crippen molar-refractivity contribution in [2.75, 3.05) is 19.8 Å². The van der Waals surface area contributed by atoms with Gasteiger partial charge >= 0.3 is 0 Å². The molecular weight excluding hydrogens is 1090 g/mol. The summed E-state index contributed by atoms with van der Waals surface area (Å²) >= 11 is 0. The SMILES string of the molecule is CCCCCCCCCCCCCCCCCCCCC/C=C/C(O)C(COC1OC(CO)C(OC2OC(CO)C(O)C(O)C2O)C(O)C1O)NC(=O)CCCCCCCCCCCCCCCCCCCCCCCCCCCCCCCCC. The number of ether oxygens (including phenoxy) is 4. The van der Waals surface area contributed by atoms with E-state index < -0.39 is 86.8 Å². The normalized spacial score (nSPS) is 23.4. The first-order chi connectivity index (χ1) is 42.1. The van der Waals surface area contributed by atoms with E-state index in [9.17, 15) is 45.6 Å². The Morgan fingerprint density at radius 2 is 0.721 bits per heavy atom. The van der Waals surface area contributed by atoms with E-state index in [0.29, 0.717) is 0 Å². The van der Waals surface area contributed by atoms with Crippen molar-refractivity contribution in [3.8, 4) is 0 Å². The number of unbranched alkanes of at least 4 members (excludes halogenated alkanes) is 49. The van der Waals surface area contributed by atoms with Crippen molar-refractivity contribution >= 4 is 5.91 Å². The number of aliphatic hydroxyl groups excluding tert-OH is 8. The second-order valence-corrected chi connectivity index (χ2v) is 26.4. The van der Waals surface area contributed by atoms with Gasteiger partial charge in [0.2, 0.25) is 5.91 Å². The summed E-state index contributed by atoms with van der Waals surface area (Å²) in [5.74, 6) is -0.230. The Hall–Kier alpha value is -1.27. The molecule has 2 aliphatic rings. The first-order valence-corrected chi connectivity index (χ1v) is 36.9. The van der Waals surface area contributed by atoms with E-state index in [1.807, 2.05) is 6.08 Å². The van der Waals surface area contributed by atoms with Gasteiger partial charge in [-0.15, -0.1) is 0 Å². The van der Waals surface area contributed by atoms with Gasteiger partial charge in [0.1, 0.15) is 48.8 Å². The minimum atomic E-state index is -1.79. The van der Waals surface area contributed by atoms with Gasteiger partial charge < -0.3 is 65.1 Å². The molecular formula is C72H139NO13. The molecule has 2 rings (SSSR count). The van der Waals surface area contributed by atoms with Crippen molar-refractivity contribution in [2.45, 2.75) is 421 Å². The summed E-state index contributed by atoms with van der Waals surface area (Å²) in [6.45, 7) is 2.87. The number of rotatable bonds is 62. The molecule has 9 N–H and O–H groups in total. The predicted octanol–water partition coefficient (Wildman–Crippen LogP) is 15.4. The molecule has 0 radical (unpaired) electrons. The lowest BCUT2D eigenvalue weighted by Gasteiger charge is -2.46. The number of nitrogens with one attached hydrogen (secondary N) is 1. The van der Waals surface area contributed by atoms with Crippen molar-refractivity contribution in [2.24, 2.45) is 0 Å². The Balaban J connectivity index is 1.64. The number of carbonyl (C=O) groups is 1. The molecule has 86 heavy (non-hydrogen) atoms. The number of hydrogen-bond donors (Lipinski definition) is 9.